The van der Waals surface area contributed by atoms with E-state index in [1.165, 1.54) is 23.5 Å². The van der Waals surface area contributed by atoms with E-state index < -0.39 is 5.97 Å². The molecule has 0 spiro atoms. The maximum atomic E-state index is 13.5. The molecule has 5 aromatic rings. The number of pyridine rings is 1. The molecule has 44 heavy (non-hydrogen) atoms. The van der Waals surface area contributed by atoms with Crippen molar-refractivity contribution < 1.29 is 14.3 Å². The lowest BCUT2D eigenvalue weighted by Crippen LogP contribution is -2.37. The molecule has 5 heterocycles. The van der Waals surface area contributed by atoms with Crippen LogP contribution in [0.25, 0.3) is 28.0 Å². The number of halogens is 1. The fourth-order valence-corrected chi connectivity index (χ4v) is 6.07. The Hall–Kier alpha value is -4.89. The third kappa shape index (κ3) is 5.96. The molecule has 0 amide bonds. The normalized spacial score (nSPS) is 13.3. The van der Waals surface area contributed by atoms with Gasteiger partial charge >= 0.3 is 5.97 Å². The van der Waals surface area contributed by atoms with Crippen LogP contribution in [-0.2, 0) is 11.2 Å². The summed E-state index contributed by atoms with van der Waals surface area (Å²) in [5.74, 6) is 0.0179. The predicted octanol–water partition coefficient (Wildman–Crippen LogP) is 6.58. The van der Waals surface area contributed by atoms with Crippen LogP contribution in [0, 0.1) is 23.1 Å². The van der Waals surface area contributed by atoms with Crippen molar-refractivity contribution in [1.82, 2.24) is 24.3 Å². The summed E-state index contributed by atoms with van der Waals surface area (Å²) >= 11 is 1.27. The van der Waals surface area contributed by atoms with Crippen molar-refractivity contribution in [1.29, 1.82) is 5.26 Å². The maximum absolute atomic E-state index is 13.5. The number of carboxylic acid groups (broad SMARTS) is 1. The zero-order chi connectivity index (χ0) is 31.4. The highest BCUT2D eigenvalue weighted by Crippen LogP contribution is 2.37. The Morgan fingerprint density at radius 1 is 1.07 bits per heavy atom. The molecule has 4 aromatic heterocycles. The van der Waals surface area contributed by atoms with Gasteiger partial charge in [0.05, 0.1) is 11.6 Å². The van der Waals surface area contributed by atoms with Gasteiger partial charge in [-0.3, -0.25) is 9.20 Å². The number of imidazole rings is 1. The van der Waals surface area contributed by atoms with Crippen LogP contribution >= 0.6 is 11.3 Å². The second-order valence-electron chi connectivity index (χ2n) is 10.1. The third-order valence-corrected chi connectivity index (χ3v) is 8.57. The van der Waals surface area contributed by atoms with E-state index in [0.29, 0.717) is 59.6 Å². The minimum atomic E-state index is -0.745. The average Bonchev–Trinajstić information content (AvgIpc) is 3.67. The molecule has 0 aliphatic carbocycles. The molecule has 1 aromatic carbocycles. The van der Waals surface area contributed by atoms with Gasteiger partial charge < -0.3 is 14.9 Å². The minimum Gasteiger partial charge on any atom is -0.481 e. The summed E-state index contributed by atoms with van der Waals surface area (Å²) < 4.78 is 15.5. The van der Waals surface area contributed by atoms with E-state index in [0.717, 1.165) is 28.3 Å². The van der Waals surface area contributed by atoms with Gasteiger partial charge in [-0.15, -0.1) is 0 Å². The molecule has 226 valence electrons. The number of nitrogens with zero attached hydrogens (tertiary/aromatic N) is 8. The molecule has 12 heteroatoms. The van der Waals surface area contributed by atoms with Crippen molar-refractivity contribution in [3.63, 3.8) is 0 Å². The lowest BCUT2D eigenvalue weighted by Gasteiger charge is -2.30. The highest BCUT2D eigenvalue weighted by molar-refractivity contribution is 7.16. The van der Waals surface area contributed by atoms with E-state index in [9.17, 15) is 19.6 Å². The van der Waals surface area contributed by atoms with Crippen LogP contribution in [0.3, 0.4) is 0 Å². The smallest absolute Gasteiger partial charge is 0.306 e. The van der Waals surface area contributed by atoms with Gasteiger partial charge in [0.2, 0.25) is 5.95 Å². The Labute approximate surface area is 259 Å². The third-order valence-electron chi connectivity index (χ3n) is 7.54. The number of hydrogen-bond acceptors (Lipinski definition) is 9. The summed E-state index contributed by atoms with van der Waals surface area (Å²) in [5.41, 5.74) is 4.57. The molecule has 0 unspecified atom stereocenters. The molecule has 0 atom stereocenters. The van der Waals surface area contributed by atoms with Crippen LogP contribution in [0.1, 0.15) is 44.2 Å². The van der Waals surface area contributed by atoms with Gasteiger partial charge in [-0.1, -0.05) is 32.1 Å². The fraction of sp³-hybridized carbons (Fsp3) is 0.312. The molecule has 1 saturated heterocycles. The summed E-state index contributed by atoms with van der Waals surface area (Å²) in [6.45, 7) is 7.26. The second-order valence-corrected chi connectivity index (χ2v) is 11.1. The number of carbonyl (C=O) groups is 1. The molecule has 1 N–H and O–H groups in total. The van der Waals surface area contributed by atoms with Crippen LogP contribution in [0.4, 0.5) is 21.3 Å². The maximum Gasteiger partial charge on any atom is 0.306 e. The first kappa shape index (κ1) is 30.6. The molecule has 1 aliphatic heterocycles. The van der Waals surface area contributed by atoms with Crippen molar-refractivity contribution in [3.8, 4) is 28.5 Å². The average molecular weight is 613 g/mol. The number of aliphatic carboxylic acids is 1. The molecule has 6 rings (SSSR count). The molecule has 0 saturated carbocycles. The number of anilines is 3. The van der Waals surface area contributed by atoms with Crippen molar-refractivity contribution in [2.24, 2.45) is 5.92 Å². The number of aromatic nitrogens is 5. The van der Waals surface area contributed by atoms with Gasteiger partial charge in [-0.05, 0) is 55.7 Å². The molecular weight excluding hydrogens is 579 g/mol. The van der Waals surface area contributed by atoms with Crippen LogP contribution < -0.4 is 9.80 Å². The number of hydrogen-bond donors (Lipinski definition) is 1. The molecule has 1 aliphatic rings. The summed E-state index contributed by atoms with van der Waals surface area (Å²) in [7, 11) is 1.90. The number of nitriles is 1. The van der Waals surface area contributed by atoms with E-state index in [1.807, 2.05) is 60.3 Å². The van der Waals surface area contributed by atoms with Crippen molar-refractivity contribution in [2.45, 2.75) is 40.0 Å². The van der Waals surface area contributed by atoms with Crippen molar-refractivity contribution in [2.75, 3.05) is 29.9 Å². The zero-order valence-electron chi connectivity index (χ0n) is 25.0. The highest BCUT2D eigenvalue weighted by Gasteiger charge is 2.26. The van der Waals surface area contributed by atoms with E-state index in [2.05, 4.69) is 16.0 Å². The summed E-state index contributed by atoms with van der Waals surface area (Å²) in [6.07, 6.45) is 7.39. The number of rotatable bonds is 7. The number of piperidine rings is 1. The Kier molecular flexibility index (Phi) is 9.15. The van der Waals surface area contributed by atoms with Crippen molar-refractivity contribution in [3.05, 3.63) is 71.4 Å². The first-order valence-corrected chi connectivity index (χ1v) is 15.4. The highest BCUT2D eigenvalue weighted by atomic mass is 32.1. The Morgan fingerprint density at radius 3 is 2.34 bits per heavy atom. The number of benzene rings is 1. The fourth-order valence-electron chi connectivity index (χ4n) is 5.23. The lowest BCUT2D eigenvalue weighted by molar-refractivity contribution is -0.142. The summed E-state index contributed by atoms with van der Waals surface area (Å²) in [6, 6.07) is 12.1. The van der Waals surface area contributed by atoms with Crippen LogP contribution in [0.2, 0.25) is 0 Å². The van der Waals surface area contributed by atoms with Gasteiger partial charge in [0.15, 0.2) is 5.13 Å². The first-order chi connectivity index (χ1) is 21.4. The van der Waals surface area contributed by atoms with Gasteiger partial charge in [0, 0.05) is 55.4 Å². The van der Waals surface area contributed by atoms with E-state index in [-0.39, 0.29) is 11.7 Å². The standard InChI is InChI=1S/C30H27FN8O2S.C2H6/c1-3-23-27(37(2)30-36-26(24(14-32)42-30)18-4-7-22(31)8-5-18)39-17-20(6-9-25(39)35-23)21-15-33-29(34-16-21)38-12-10-19(11-13-38)28(40)41;1-2/h4-9,15-17,19H,3,10-13H2,1-2H3,(H,40,41);1-2H3. The van der Waals surface area contributed by atoms with E-state index in [4.69, 9.17) is 9.97 Å². The second kappa shape index (κ2) is 13.2. The Bertz CT molecular complexity index is 1800. The van der Waals surface area contributed by atoms with Crippen LogP contribution in [0.5, 0.6) is 0 Å². The van der Waals surface area contributed by atoms with Gasteiger partial charge in [-0.25, -0.2) is 24.3 Å². The largest absolute Gasteiger partial charge is 0.481 e. The van der Waals surface area contributed by atoms with E-state index in [1.54, 1.807) is 24.5 Å². The molecule has 1 fully saturated rings. The monoisotopic (exact) mass is 612 g/mol. The topological polar surface area (TPSA) is 124 Å². The molecule has 0 radical (unpaired) electrons. The van der Waals surface area contributed by atoms with Crippen LogP contribution in [0.15, 0.2) is 55.0 Å². The number of carboxylic acids is 1. The predicted molar refractivity (Wildman–Crippen MR) is 170 cm³/mol. The summed E-state index contributed by atoms with van der Waals surface area (Å²) in [4.78, 5) is 34.4. The molecular formula is C32H33FN8O2S. The first-order valence-electron chi connectivity index (χ1n) is 14.6. The Balaban J connectivity index is 0.00000188. The Morgan fingerprint density at radius 2 is 1.73 bits per heavy atom. The number of thiazole rings is 1. The number of aryl methyl sites for hydroxylation is 1. The molecule has 0 bridgehead atoms. The van der Waals surface area contributed by atoms with Crippen molar-refractivity contribution >= 4 is 39.9 Å². The van der Waals surface area contributed by atoms with Gasteiger partial charge in [-0.2, -0.15) is 5.26 Å². The van der Waals surface area contributed by atoms with E-state index >= 15 is 0 Å². The quantitative estimate of drug-likeness (QED) is 0.217. The molecule has 10 nitrogen and oxygen atoms in total. The summed E-state index contributed by atoms with van der Waals surface area (Å²) in [5, 5.41) is 19.7. The van der Waals surface area contributed by atoms with Gasteiger partial charge in [0.1, 0.15) is 33.9 Å². The van der Waals surface area contributed by atoms with Gasteiger partial charge in [0.25, 0.3) is 0 Å². The minimum absolute atomic E-state index is 0.312. The van der Waals surface area contributed by atoms with Crippen LogP contribution in [-0.4, -0.2) is 55.5 Å². The SMILES string of the molecule is CC.CCc1nc2ccc(-c3cnc(N4CCC(C(=O)O)CC4)nc3)cn2c1N(C)c1nc(-c2ccc(F)cc2)c(C#N)s1. The number of fused-ring (bicyclic) bond motifs is 1. The lowest BCUT2D eigenvalue weighted by atomic mass is 9.97. The zero-order valence-corrected chi connectivity index (χ0v) is 25.8.